The molecule has 0 aliphatic heterocycles. The molecule has 0 radical (unpaired) electrons. The Kier molecular flexibility index (Phi) is 4.67. The minimum atomic E-state index is 0.537. The Balaban J connectivity index is 2.31. The van der Waals surface area contributed by atoms with Gasteiger partial charge < -0.3 is 4.42 Å². The first-order valence-electron chi connectivity index (χ1n) is 8.85. The van der Waals surface area contributed by atoms with Gasteiger partial charge in [-0.1, -0.05) is 62.9 Å². The van der Waals surface area contributed by atoms with E-state index in [1.807, 2.05) is 25.1 Å². The highest BCUT2D eigenvalue weighted by molar-refractivity contribution is 6.07. The summed E-state index contributed by atoms with van der Waals surface area (Å²) in [5, 5.41) is 2.38. The number of hydrogen-bond acceptors (Lipinski definition) is 1. The van der Waals surface area contributed by atoms with Gasteiger partial charge in [-0.05, 0) is 55.0 Å². The summed E-state index contributed by atoms with van der Waals surface area (Å²) in [5.41, 5.74) is 7.69. The van der Waals surface area contributed by atoms with Crippen LogP contribution in [-0.4, -0.2) is 0 Å². The quantitative estimate of drug-likeness (QED) is 0.449. The minimum absolute atomic E-state index is 0.537. The fourth-order valence-electron chi connectivity index (χ4n) is 3.45. The number of furan rings is 1. The van der Waals surface area contributed by atoms with Crippen molar-refractivity contribution in [1.29, 1.82) is 0 Å². The largest absolute Gasteiger partial charge is 0.456 e. The lowest BCUT2D eigenvalue weighted by molar-refractivity contribution is 0.622. The van der Waals surface area contributed by atoms with E-state index in [2.05, 4.69) is 58.2 Å². The van der Waals surface area contributed by atoms with E-state index in [0.29, 0.717) is 5.92 Å². The van der Waals surface area contributed by atoms with Crippen LogP contribution in [0.15, 0.2) is 65.6 Å². The topological polar surface area (TPSA) is 13.1 Å². The van der Waals surface area contributed by atoms with Crippen LogP contribution in [-0.2, 0) is 6.42 Å². The molecule has 128 valence electrons. The van der Waals surface area contributed by atoms with Crippen molar-refractivity contribution < 1.29 is 4.42 Å². The van der Waals surface area contributed by atoms with Gasteiger partial charge in [-0.2, -0.15) is 0 Å². The predicted molar refractivity (Wildman–Crippen MR) is 110 cm³/mol. The number of rotatable bonds is 5. The summed E-state index contributed by atoms with van der Waals surface area (Å²) in [7, 11) is 0. The SMILES string of the molecule is C=C(C)/C=C\C(=C)c1c(C)cc2c(oc3ccccc32)c1CC(C)C. The smallest absolute Gasteiger partial charge is 0.139 e. The van der Waals surface area contributed by atoms with Crippen molar-refractivity contribution in [2.45, 2.75) is 34.1 Å². The van der Waals surface area contributed by atoms with Crippen molar-refractivity contribution >= 4 is 27.5 Å². The average molecular weight is 330 g/mol. The summed E-state index contributed by atoms with van der Waals surface area (Å²) in [4.78, 5) is 0. The second kappa shape index (κ2) is 6.76. The lowest BCUT2D eigenvalue weighted by atomic mass is 9.88. The molecule has 3 aromatic rings. The lowest BCUT2D eigenvalue weighted by Gasteiger charge is -2.16. The second-order valence-electron chi connectivity index (χ2n) is 7.32. The van der Waals surface area contributed by atoms with Crippen molar-refractivity contribution in [3.8, 4) is 0 Å². The maximum atomic E-state index is 6.27. The number of para-hydroxylation sites is 1. The van der Waals surface area contributed by atoms with E-state index in [1.54, 1.807) is 0 Å². The highest BCUT2D eigenvalue weighted by Crippen LogP contribution is 2.37. The lowest BCUT2D eigenvalue weighted by Crippen LogP contribution is -2.01. The van der Waals surface area contributed by atoms with E-state index >= 15 is 0 Å². The number of benzene rings is 2. The molecular formula is C24H26O. The molecule has 2 aromatic carbocycles. The molecule has 0 unspecified atom stereocenters. The first-order valence-corrected chi connectivity index (χ1v) is 8.85. The van der Waals surface area contributed by atoms with Gasteiger partial charge in [0.15, 0.2) is 0 Å². The van der Waals surface area contributed by atoms with Crippen LogP contribution in [0.1, 0.15) is 37.5 Å². The van der Waals surface area contributed by atoms with Crippen LogP contribution >= 0.6 is 0 Å². The third-order valence-electron chi connectivity index (χ3n) is 4.47. The molecule has 1 aromatic heterocycles. The first kappa shape index (κ1) is 17.3. The van der Waals surface area contributed by atoms with Crippen LogP contribution < -0.4 is 0 Å². The fourth-order valence-corrected chi connectivity index (χ4v) is 3.45. The number of aryl methyl sites for hydroxylation is 1. The molecule has 0 spiro atoms. The van der Waals surface area contributed by atoms with Crippen molar-refractivity contribution in [2.24, 2.45) is 5.92 Å². The van der Waals surface area contributed by atoms with Crippen molar-refractivity contribution in [3.63, 3.8) is 0 Å². The van der Waals surface area contributed by atoms with Crippen LogP contribution in [0.5, 0.6) is 0 Å². The molecule has 0 amide bonds. The molecule has 3 rings (SSSR count). The van der Waals surface area contributed by atoms with Crippen LogP contribution in [0.25, 0.3) is 27.5 Å². The summed E-state index contributed by atoms with van der Waals surface area (Å²) in [6.07, 6.45) is 5.04. The van der Waals surface area contributed by atoms with Gasteiger partial charge in [-0.25, -0.2) is 0 Å². The second-order valence-corrected chi connectivity index (χ2v) is 7.32. The van der Waals surface area contributed by atoms with Gasteiger partial charge in [-0.15, -0.1) is 0 Å². The van der Waals surface area contributed by atoms with Crippen molar-refractivity contribution in [1.82, 2.24) is 0 Å². The summed E-state index contributed by atoms with van der Waals surface area (Å²) < 4.78 is 6.27. The van der Waals surface area contributed by atoms with Crippen molar-refractivity contribution in [3.05, 3.63) is 77.9 Å². The van der Waals surface area contributed by atoms with Crippen LogP contribution in [0.2, 0.25) is 0 Å². The van der Waals surface area contributed by atoms with E-state index < -0.39 is 0 Å². The predicted octanol–water partition coefficient (Wildman–Crippen LogP) is 7.24. The molecule has 1 heterocycles. The standard InChI is InChI=1S/C24H26O/c1-15(2)11-12-17(5)23-18(6)14-20-19-9-7-8-10-22(19)25-24(20)21(23)13-16(3)4/h7-12,14,16H,1,5,13H2,2-4,6H3/b12-11-. The molecule has 0 aliphatic carbocycles. The van der Waals surface area contributed by atoms with E-state index in [1.165, 1.54) is 27.5 Å². The Morgan fingerprint density at radius 2 is 1.84 bits per heavy atom. The molecule has 0 atom stereocenters. The molecule has 1 heteroatoms. The molecular weight excluding hydrogens is 304 g/mol. The Morgan fingerprint density at radius 3 is 2.52 bits per heavy atom. The highest BCUT2D eigenvalue weighted by atomic mass is 16.3. The van der Waals surface area contributed by atoms with Gasteiger partial charge >= 0.3 is 0 Å². The van der Waals surface area contributed by atoms with Crippen molar-refractivity contribution in [2.75, 3.05) is 0 Å². The van der Waals surface area contributed by atoms with Gasteiger partial charge in [0.1, 0.15) is 11.2 Å². The van der Waals surface area contributed by atoms with Gasteiger partial charge in [-0.3, -0.25) is 0 Å². The first-order chi connectivity index (χ1) is 11.9. The fraction of sp³-hybridized carbons (Fsp3) is 0.250. The Bertz CT molecular complexity index is 996. The number of fused-ring (bicyclic) bond motifs is 3. The number of hydrogen-bond donors (Lipinski definition) is 0. The molecule has 25 heavy (non-hydrogen) atoms. The molecule has 0 saturated heterocycles. The van der Waals surface area contributed by atoms with Crippen LogP contribution in [0, 0.1) is 12.8 Å². The zero-order chi connectivity index (χ0) is 18.1. The molecule has 0 aliphatic rings. The Morgan fingerprint density at radius 1 is 1.12 bits per heavy atom. The molecule has 0 N–H and O–H groups in total. The zero-order valence-electron chi connectivity index (χ0n) is 15.6. The van der Waals surface area contributed by atoms with E-state index in [9.17, 15) is 0 Å². The summed E-state index contributed by atoms with van der Waals surface area (Å²) in [6, 6.07) is 10.5. The van der Waals surface area contributed by atoms with Gasteiger partial charge in [0.2, 0.25) is 0 Å². The maximum absolute atomic E-state index is 6.27. The summed E-state index contributed by atoms with van der Waals surface area (Å²) >= 11 is 0. The summed E-state index contributed by atoms with van der Waals surface area (Å²) in [6.45, 7) is 16.9. The molecule has 0 bridgehead atoms. The van der Waals surface area contributed by atoms with Gasteiger partial charge in [0.25, 0.3) is 0 Å². The number of allylic oxidation sites excluding steroid dienone is 4. The minimum Gasteiger partial charge on any atom is -0.456 e. The normalized spacial score (nSPS) is 11.9. The van der Waals surface area contributed by atoms with E-state index in [4.69, 9.17) is 4.42 Å². The molecule has 0 saturated carbocycles. The molecule has 1 nitrogen and oxygen atoms in total. The monoisotopic (exact) mass is 330 g/mol. The molecule has 0 fully saturated rings. The third kappa shape index (κ3) is 3.32. The average Bonchev–Trinajstić information content (AvgIpc) is 2.91. The van der Waals surface area contributed by atoms with E-state index in [-0.39, 0.29) is 0 Å². The Hall–Kier alpha value is -2.54. The van der Waals surface area contributed by atoms with Crippen LogP contribution in [0.3, 0.4) is 0 Å². The van der Waals surface area contributed by atoms with E-state index in [0.717, 1.165) is 28.7 Å². The summed E-state index contributed by atoms with van der Waals surface area (Å²) in [5.74, 6) is 0.537. The zero-order valence-corrected chi connectivity index (χ0v) is 15.6. The van der Waals surface area contributed by atoms with Gasteiger partial charge in [0, 0.05) is 16.3 Å². The van der Waals surface area contributed by atoms with Crippen LogP contribution in [0.4, 0.5) is 0 Å². The third-order valence-corrected chi connectivity index (χ3v) is 4.47. The van der Waals surface area contributed by atoms with Gasteiger partial charge in [0.05, 0.1) is 0 Å². The Labute approximate surface area is 150 Å². The maximum Gasteiger partial charge on any atom is 0.139 e. The highest BCUT2D eigenvalue weighted by Gasteiger charge is 2.18.